The van der Waals surface area contributed by atoms with E-state index in [0.29, 0.717) is 5.57 Å². The Hall–Kier alpha value is -1.81. The number of benzene rings is 1. The molecule has 1 nitrogen and oxygen atoms in total. The molecular formula is C16H18O. The number of allylic oxidation sites excluding steroid dienone is 1. The molecule has 0 bridgehead atoms. The molecule has 1 heteroatoms. The van der Waals surface area contributed by atoms with E-state index in [1.165, 1.54) is 0 Å². The Bertz CT molecular complexity index is 443. The van der Waals surface area contributed by atoms with Crippen molar-refractivity contribution in [1.82, 2.24) is 0 Å². The lowest BCUT2D eigenvalue weighted by atomic mass is 10.1. The average molecular weight is 226 g/mol. The number of unbranched alkanes of at least 4 members (excludes halogenated alkanes) is 2. The summed E-state index contributed by atoms with van der Waals surface area (Å²) in [5.74, 6) is 5.51. The molecule has 0 radical (unpaired) electrons. The van der Waals surface area contributed by atoms with Gasteiger partial charge >= 0.3 is 0 Å². The van der Waals surface area contributed by atoms with Gasteiger partial charge in [0.2, 0.25) is 5.78 Å². The van der Waals surface area contributed by atoms with Gasteiger partial charge in [-0.15, -0.1) is 0 Å². The molecule has 1 aromatic carbocycles. The van der Waals surface area contributed by atoms with Crippen LogP contribution in [0.25, 0.3) is 6.08 Å². The highest BCUT2D eigenvalue weighted by atomic mass is 16.1. The zero-order valence-corrected chi connectivity index (χ0v) is 10.5. The Morgan fingerprint density at radius 1 is 1.29 bits per heavy atom. The molecule has 88 valence electrons. The van der Waals surface area contributed by atoms with Gasteiger partial charge in [-0.2, -0.15) is 0 Å². The standard InChI is InChI=1S/C16H18O/c1-3-4-5-9-12-16(17)14(2)13-15-10-7-6-8-11-15/h6-8,10-11,13H,3-5H2,1-2H3/b14-13+. The first-order chi connectivity index (χ1) is 8.24. The van der Waals surface area contributed by atoms with E-state index in [1.807, 2.05) is 43.3 Å². The summed E-state index contributed by atoms with van der Waals surface area (Å²) in [6, 6.07) is 9.81. The second kappa shape index (κ2) is 7.46. The first-order valence-corrected chi connectivity index (χ1v) is 6.00. The lowest BCUT2D eigenvalue weighted by Gasteiger charge is -1.94. The summed E-state index contributed by atoms with van der Waals surface area (Å²) in [4.78, 5) is 11.7. The fourth-order valence-corrected chi connectivity index (χ4v) is 1.37. The molecule has 17 heavy (non-hydrogen) atoms. The number of Topliss-reactive ketones (excluding diaryl/α,β-unsaturated/α-hetero) is 1. The van der Waals surface area contributed by atoms with Gasteiger partial charge in [0, 0.05) is 12.0 Å². The molecule has 0 unspecified atom stereocenters. The Morgan fingerprint density at radius 3 is 2.65 bits per heavy atom. The van der Waals surface area contributed by atoms with Crippen LogP contribution in [0.2, 0.25) is 0 Å². The third-order valence-corrected chi connectivity index (χ3v) is 2.40. The fraction of sp³-hybridized carbons (Fsp3) is 0.312. The number of hydrogen-bond donors (Lipinski definition) is 0. The van der Waals surface area contributed by atoms with E-state index in [9.17, 15) is 4.79 Å². The first kappa shape index (κ1) is 13.3. The van der Waals surface area contributed by atoms with Crippen molar-refractivity contribution in [2.45, 2.75) is 33.1 Å². The minimum absolute atomic E-state index is 0.0787. The number of ketones is 1. The molecule has 0 fully saturated rings. The smallest absolute Gasteiger partial charge is 0.231 e. The summed E-state index contributed by atoms with van der Waals surface area (Å²) in [5.41, 5.74) is 1.73. The Kier molecular flexibility index (Phi) is 5.82. The van der Waals surface area contributed by atoms with Crippen LogP contribution in [-0.2, 0) is 4.79 Å². The van der Waals surface area contributed by atoms with Crippen molar-refractivity contribution in [2.75, 3.05) is 0 Å². The van der Waals surface area contributed by atoms with Gasteiger partial charge in [-0.1, -0.05) is 49.6 Å². The van der Waals surface area contributed by atoms with Gasteiger partial charge in [0.25, 0.3) is 0 Å². The van der Waals surface area contributed by atoms with Crippen molar-refractivity contribution in [2.24, 2.45) is 0 Å². The molecule has 0 aliphatic heterocycles. The van der Waals surface area contributed by atoms with Crippen LogP contribution in [0.5, 0.6) is 0 Å². The molecule has 0 heterocycles. The van der Waals surface area contributed by atoms with Crippen molar-refractivity contribution in [1.29, 1.82) is 0 Å². The fourth-order valence-electron chi connectivity index (χ4n) is 1.37. The molecule has 0 spiro atoms. The summed E-state index contributed by atoms with van der Waals surface area (Å²) in [6.45, 7) is 3.92. The van der Waals surface area contributed by atoms with E-state index in [-0.39, 0.29) is 5.78 Å². The molecular weight excluding hydrogens is 208 g/mol. The molecule has 0 N–H and O–H groups in total. The molecule has 0 saturated carbocycles. The molecule has 1 aromatic rings. The van der Waals surface area contributed by atoms with Crippen molar-refractivity contribution < 1.29 is 4.79 Å². The Labute approximate surface area is 104 Å². The number of carbonyl (C=O) groups is 1. The summed E-state index contributed by atoms with van der Waals surface area (Å²) in [7, 11) is 0. The van der Waals surface area contributed by atoms with E-state index in [0.717, 1.165) is 24.8 Å². The largest absolute Gasteiger partial charge is 0.280 e. The average Bonchev–Trinajstić information content (AvgIpc) is 2.35. The molecule has 0 aromatic heterocycles. The quantitative estimate of drug-likeness (QED) is 0.330. The maximum absolute atomic E-state index is 11.7. The predicted octanol–water partition coefficient (Wildman–Crippen LogP) is 3.85. The van der Waals surface area contributed by atoms with E-state index in [4.69, 9.17) is 0 Å². The van der Waals surface area contributed by atoms with Crippen LogP contribution in [-0.4, -0.2) is 5.78 Å². The third kappa shape index (κ3) is 5.17. The minimum atomic E-state index is -0.0787. The summed E-state index contributed by atoms with van der Waals surface area (Å²) < 4.78 is 0. The second-order valence-electron chi connectivity index (χ2n) is 3.97. The molecule has 0 atom stereocenters. The van der Waals surface area contributed by atoms with Crippen molar-refractivity contribution >= 4 is 11.9 Å². The molecule has 0 saturated heterocycles. The second-order valence-corrected chi connectivity index (χ2v) is 3.97. The number of hydrogen-bond acceptors (Lipinski definition) is 1. The van der Waals surface area contributed by atoms with Crippen LogP contribution in [0, 0.1) is 11.8 Å². The minimum Gasteiger partial charge on any atom is -0.280 e. The van der Waals surface area contributed by atoms with Crippen LogP contribution >= 0.6 is 0 Å². The topological polar surface area (TPSA) is 17.1 Å². The van der Waals surface area contributed by atoms with Crippen LogP contribution in [0.15, 0.2) is 35.9 Å². The maximum atomic E-state index is 11.7. The van der Waals surface area contributed by atoms with Gasteiger partial charge in [0.15, 0.2) is 0 Å². The van der Waals surface area contributed by atoms with Gasteiger partial charge < -0.3 is 0 Å². The molecule has 1 rings (SSSR count). The highest BCUT2D eigenvalue weighted by Crippen LogP contribution is 2.06. The highest BCUT2D eigenvalue weighted by Gasteiger charge is 1.99. The van der Waals surface area contributed by atoms with E-state index in [2.05, 4.69) is 18.8 Å². The SMILES string of the molecule is CCCCC#CC(=O)/C(C)=C/c1ccccc1. The van der Waals surface area contributed by atoms with Gasteiger partial charge in [0.1, 0.15) is 0 Å². The van der Waals surface area contributed by atoms with Gasteiger partial charge in [0.05, 0.1) is 0 Å². The summed E-state index contributed by atoms with van der Waals surface area (Å²) in [6.07, 6.45) is 4.85. The molecule has 0 amide bonds. The summed E-state index contributed by atoms with van der Waals surface area (Å²) >= 11 is 0. The van der Waals surface area contributed by atoms with Crippen molar-refractivity contribution in [3.8, 4) is 11.8 Å². The zero-order valence-electron chi connectivity index (χ0n) is 10.5. The monoisotopic (exact) mass is 226 g/mol. The van der Waals surface area contributed by atoms with E-state index < -0.39 is 0 Å². The predicted molar refractivity (Wildman–Crippen MR) is 72.4 cm³/mol. The van der Waals surface area contributed by atoms with Crippen molar-refractivity contribution in [3.63, 3.8) is 0 Å². The number of rotatable bonds is 4. The Morgan fingerprint density at radius 2 is 2.00 bits per heavy atom. The van der Waals surface area contributed by atoms with E-state index in [1.54, 1.807) is 0 Å². The van der Waals surface area contributed by atoms with Crippen LogP contribution < -0.4 is 0 Å². The van der Waals surface area contributed by atoms with Crippen molar-refractivity contribution in [3.05, 3.63) is 41.5 Å². The van der Waals surface area contributed by atoms with Gasteiger partial charge in [-0.3, -0.25) is 4.79 Å². The lowest BCUT2D eigenvalue weighted by molar-refractivity contribution is -0.110. The van der Waals surface area contributed by atoms with Crippen LogP contribution in [0.3, 0.4) is 0 Å². The molecule has 0 aliphatic carbocycles. The summed E-state index contributed by atoms with van der Waals surface area (Å²) in [5, 5.41) is 0. The lowest BCUT2D eigenvalue weighted by Crippen LogP contribution is -1.94. The normalized spacial score (nSPS) is 10.6. The highest BCUT2D eigenvalue weighted by molar-refractivity contribution is 6.10. The van der Waals surface area contributed by atoms with E-state index >= 15 is 0 Å². The Balaban J connectivity index is 2.63. The maximum Gasteiger partial charge on any atom is 0.231 e. The van der Waals surface area contributed by atoms with Gasteiger partial charge in [-0.25, -0.2) is 0 Å². The molecule has 0 aliphatic rings. The third-order valence-electron chi connectivity index (χ3n) is 2.40. The van der Waals surface area contributed by atoms with Gasteiger partial charge in [-0.05, 0) is 30.9 Å². The van der Waals surface area contributed by atoms with Crippen LogP contribution in [0.4, 0.5) is 0 Å². The van der Waals surface area contributed by atoms with Crippen LogP contribution in [0.1, 0.15) is 38.7 Å². The zero-order chi connectivity index (χ0) is 12.5. The number of carbonyl (C=O) groups excluding carboxylic acids is 1. The first-order valence-electron chi connectivity index (χ1n) is 6.00.